The van der Waals surface area contributed by atoms with E-state index in [1.54, 1.807) is 12.3 Å². The van der Waals surface area contributed by atoms with E-state index in [2.05, 4.69) is 26.7 Å². The highest BCUT2D eigenvalue weighted by molar-refractivity contribution is 5.92. The molecule has 1 fully saturated rings. The second-order valence-corrected chi connectivity index (χ2v) is 6.05. The number of nitrogens with zero attached hydrogens (tertiary/aromatic N) is 2. The summed E-state index contributed by atoms with van der Waals surface area (Å²) in [7, 11) is 0. The molecule has 1 saturated heterocycles. The van der Waals surface area contributed by atoms with Crippen LogP contribution in [0.2, 0.25) is 0 Å². The van der Waals surface area contributed by atoms with E-state index < -0.39 is 0 Å². The summed E-state index contributed by atoms with van der Waals surface area (Å²) >= 11 is 0. The minimum absolute atomic E-state index is 0.114. The number of hydrogen-bond acceptors (Lipinski definition) is 5. The number of aromatic nitrogens is 2. The van der Waals surface area contributed by atoms with Gasteiger partial charge in [-0.1, -0.05) is 17.7 Å². The van der Waals surface area contributed by atoms with Crippen molar-refractivity contribution in [3.8, 4) is 0 Å². The Morgan fingerprint density at radius 2 is 2.21 bits per heavy atom. The molecule has 1 unspecified atom stereocenters. The maximum Gasteiger partial charge on any atom is 0.270 e. The van der Waals surface area contributed by atoms with Crippen molar-refractivity contribution >= 4 is 17.5 Å². The normalized spacial score (nSPS) is 16.8. The molecule has 6 heteroatoms. The van der Waals surface area contributed by atoms with Crippen molar-refractivity contribution in [1.29, 1.82) is 0 Å². The molecule has 2 N–H and O–H groups in total. The van der Waals surface area contributed by atoms with Crippen LogP contribution in [-0.4, -0.2) is 35.1 Å². The lowest BCUT2D eigenvalue weighted by atomic mass is 10.1. The van der Waals surface area contributed by atoms with Gasteiger partial charge in [0.2, 0.25) is 5.95 Å². The molecule has 0 spiro atoms. The van der Waals surface area contributed by atoms with Crippen molar-refractivity contribution in [2.75, 3.05) is 18.5 Å². The zero-order valence-electron chi connectivity index (χ0n) is 14.0. The van der Waals surface area contributed by atoms with Gasteiger partial charge in [0, 0.05) is 25.0 Å². The standard InChI is InChI=1S/C18H22N4O2/c1-12-5-6-15(13(2)10-12)21-18-19-8-7-16(22-18)17(23)20-11-14-4-3-9-24-14/h5-8,10,14H,3-4,9,11H2,1-2H3,(H,20,23)(H,19,21,22). The number of rotatable bonds is 5. The van der Waals surface area contributed by atoms with Crippen LogP contribution in [0.1, 0.15) is 34.5 Å². The highest BCUT2D eigenvalue weighted by Gasteiger charge is 2.17. The summed E-state index contributed by atoms with van der Waals surface area (Å²) in [4.78, 5) is 20.7. The summed E-state index contributed by atoms with van der Waals surface area (Å²) in [5.41, 5.74) is 3.57. The Morgan fingerprint density at radius 1 is 1.33 bits per heavy atom. The van der Waals surface area contributed by atoms with Crippen LogP contribution in [0.15, 0.2) is 30.5 Å². The summed E-state index contributed by atoms with van der Waals surface area (Å²) in [6.45, 7) is 5.36. The van der Waals surface area contributed by atoms with Crippen molar-refractivity contribution in [1.82, 2.24) is 15.3 Å². The van der Waals surface area contributed by atoms with Gasteiger partial charge in [0.1, 0.15) is 5.69 Å². The van der Waals surface area contributed by atoms with E-state index in [1.165, 1.54) is 5.56 Å². The summed E-state index contributed by atoms with van der Waals surface area (Å²) in [5, 5.41) is 6.03. The predicted molar refractivity (Wildman–Crippen MR) is 92.5 cm³/mol. The number of ether oxygens (including phenoxy) is 1. The van der Waals surface area contributed by atoms with Crippen molar-refractivity contribution in [3.05, 3.63) is 47.3 Å². The fourth-order valence-corrected chi connectivity index (χ4v) is 2.72. The summed E-state index contributed by atoms with van der Waals surface area (Å²) < 4.78 is 5.50. The summed E-state index contributed by atoms with van der Waals surface area (Å²) in [6.07, 6.45) is 3.74. The lowest BCUT2D eigenvalue weighted by Crippen LogP contribution is -2.32. The molecule has 1 amide bonds. The number of hydrogen-bond donors (Lipinski definition) is 2. The largest absolute Gasteiger partial charge is 0.376 e. The van der Waals surface area contributed by atoms with E-state index in [9.17, 15) is 4.79 Å². The summed E-state index contributed by atoms with van der Waals surface area (Å²) in [6, 6.07) is 7.70. The molecule has 0 radical (unpaired) electrons. The van der Waals surface area contributed by atoms with Gasteiger partial charge < -0.3 is 15.4 Å². The Balaban J connectivity index is 1.65. The van der Waals surface area contributed by atoms with Crippen LogP contribution >= 0.6 is 0 Å². The number of anilines is 2. The predicted octanol–water partition coefficient (Wildman–Crippen LogP) is 2.75. The molecule has 24 heavy (non-hydrogen) atoms. The summed E-state index contributed by atoms with van der Waals surface area (Å²) in [5.74, 6) is 0.197. The molecule has 2 heterocycles. The Bertz CT molecular complexity index is 727. The van der Waals surface area contributed by atoms with Crippen LogP contribution in [0.3, 0.4) is 0 Å². The third-order valence-corrected chi connectivity index (χ3v) is 4.03. The zero-order chi connectivity index (χ0) is 16.9. The van der Waals surface area contributed by atoms with Crippen LogP contribution in [-0.2, 0) is 4.74 Å². The van der Waals surface area contributed by atoms with Gasteiger partial charge in [0.15, 0.2) is 0 Å². The van der Waals surface area contributed by atoms with E-state index in [0.717, 1.165) is 30.7 Å². The van der Waals surface area contributed by atoms with Crippen LogP contribution in [0.4, 0.5) is 11.6 Å². The molecule has 1 aromatic heterocycles. The highest BCUT2D eigenvalue weighted by atomic mass is 16.5. The Morgan fingerprint density at radius 3 is 2.96 bits per heavy atom. The van der Waals surface area contributed by atoms with Gasteiger partial charge in [-0.15, -0.1) is 0 Å². The molecule has 0 saturated carbocycles. The average Bonchev–Trinajstić information content (AvgIpc) is 3.09. The molecule has 126 valence electrons. The van der Waals surface area contributed by atoms with Gasteiger partial charge in [-0.05, 0) is 44.4 Å². The van der Waals surface area contributed by atoms with Crippen molar-refractivity contribution in [2.45, 2.75) is 32.8 Å². The smallest absolute Gasteiger partial charge is 0.270 e. The molecular formula is C18H22N4O2. The monoisotopic (exact) mass is 326 g/mol. The Hall–Kier alpha value is -2.47. The first kappa shape index (κ1) is 16.4. The molecule has 3 rings (SSSR count). The first-order chi connectivity index (χ1) is 11.6. The molecular weight excluding hydrogens is 304 g/mol. The maximum absolute atomic E-state index is 12.2. The first-order valence-electron chi connectivity index (χ1n) is 8.19. The fraction of sp³-hybridized carbons (Fsp3) is 0.389. The lowest BCUT2D eigenvalue weighted by molar-refractivity contribution is 0.0853. The SMILES string of the molecule is Cc1ccc(Nc2nccc(C(=O)NCC3CCCO3)n2)c(C)c1. The Kier molecular flexibility index (Phi) is 5.05. The van der Waals surface area contributed by atoms with Gasteiger partial charge in [0.05, 0.1) is 6.10 Å². The number of amides is 1. The quantitative estimate of drug-likeness (QED) is 0.883. The second kappa shape index (κ2) is 7.40. The van der Waals surface area contributed by atoms with Crippen LogP contribution in [0, 0.1) is 13.8 Å². The molecule has 2 aromatic rings. The van der Waals surface area contributed by atoms with Crippen molar-refractivity contribution < 1.29 is 9.53 Å². The van der Waals surface area contributed by atoms with Crippen LogP contribution < -0.4 is 10.6 Å². The van der Waals surface area contributed by atoms with Gasteiger partial charge in [0.25, 0.3) is 5.91 Å². The second-order valence-electron chi connectivity index (χ2n) is 6.05. The van der Waals surface area contributed by atoms with E-state index in [4.69, 9.17) is 4.74 Å². The van der Waals surface area contributed by atoms with Gasteiger partial charge >= 0.3 is 0 Å². The van der Waals surface area contributed by atoms with Crippen LogP contribution in [0.25, 0.3) is 0 Å². The molecule has 1 aromatic carbocycles. The number of benzene rings is 1. The molecule has 0 aliphatic carbocycles. The maximum atomic E-state index is 12.2. The minimum Gasteiger partial charge on any atom is -0.376 e. The topological polar surface area (TPSA) is 76.1 Å². The molecule has 6 nitrogen and oxygen atoms in total. The van der Waals surface area contributed by atoms with E-state index >= 15 is 0 Å². The van der Waals surface area contributed by atoms with E-state index in [0.29, 0.717) is 18.2 Å². The van der Waals surface area contributed by atoms with Gasteiger partial charge in [-0.2, -0.15) is 0 Å². The van der Waals surface area contributed by atoms with Crippen molar-refractivity contribution in [2.24, 2.45) is 0 Å². The molecule has 0 bridgehead atoms. The van der Waals surface area contributed by atoms with Crippen LogP contribution in [0.5, 0.6) is 0 Å². The van der Waals surface area contributed by atoms with Crippen molar-refractivity contribution in [3.63, 3.8) is 0 Å². The van der Waals surface area contributed by atoms with Gasteiger partial charge in [-0.3, -0.25) is 4.79 Å². The number of carbonyl (C=O) groups excluding carboxylic acids is 1. The zero-order valence-corrected chi connectivity index (χ0v) is 14.0. The highest BCUT2D eigenvalue weighted by Crippen LogP contribution is 2.19. The van der Waals surface area contributed by atoms with Gasteiger partial charge in [-0.25, -0.2) is 9.97 Å². The lowest BCUT2D eigenvalue weighted by Gasteiger charge is -2.11. The minimum atomic E-state index is -0.212. The molecule has 1 aliphatic rings. The van der Waals surface area contributed by atoms with E-state index in [-0.39, 0.29) is 12.0 Å². The molecule has 1 aliphatic heterocycles. The Labute approximate surface area is 141 Å². The number of nitrogens with one attached hydrogen (secondary N) is 2. The third kappa shape index (κ3) is 4.08. The van der Waals surface area contributed by atoms with E-state index in [1.807, 2.05) is 26.0 Å². The molecule has 1 atom stereocenters. The number of carbonyl (C=O) groups is 1. The third-order valence-electron chi connectivity index (χ3n) is 4.03. The first-order valence-corrected chi connectivity index (χ1v) is 8.19. The number of aryl methyl sites for hydroxylation is 2. The average molecular weight is 326 g/mol. The fourth-order valence-electron chi connectivity index (χ4n) is 2.72.